The minimum absolute atomic E-state index is 0. The second-order valence-corrected chi connectivity index (χ2v) is 25.4. The summed E-state index contributed by atoms with van der Waals surface area (Å²) in [6.45, 7) is 15.4. The number of carbonyl (C=O) groups is 3. The topological polar surface area (TPSA) is 277 Å². The van der Waals surface area contributed by atoms with Gasteiger partial charge in [-0.3, -0.25) is 28.8 Å². The molecule has 0 fully saturated rings. The number of hydrogen-bond acceptors (Lipinski definition) is 15. The van der Waals surface area contributed by atoms with Gasteiger partial charge in [-0.15, -0.1) is 0 Å². The van der Waals surface area contributed by atoms with E-state index >= 15 is 0 Å². The number of fused-ring (bicyclic) bond motifs is 6. The number of rotatable bonds is 15. The fourth-order valence-corrected chi connectivity index (χ4v) is 12.0. The number of nitrogens with one attached hydrogen (secondary N) is 2. The fourth-order valence-electron chi connectivity index (χ4n) is 10.1. The van der Waals surface area contributed by atoms with Crippen molar-refractivity contribution in [3.63, 3.8) is 0 Å². The number of hydrogen-bond donors (Lipinski definition) is 4. The maximum absolute atomic E-state index is 13.4. The maximum atomic E-state index is 13.4. The number of esters is 2. The van der Waals surface area contributed by atoms with Crippen molar-refractivity contribution >= 4 is 197 Å². The third kappa shape index (κ3) is 18.0. The number of anilines is 5. The van der Waals surface area contributed by atoms with Gasteiger partial charge in [0, 0.05) is 91.2 Å². The Labute approximate surface area is 583 Å². The number of carboxylic acids is 1. The summed E-state index contributed by atoms with van der Waals surface area (Å²) < 4.78 is 16.1. The standard InChI is InChI=1S/C22H25Cl2N3O3.C20H21Cl2N3O3.C19H17BrCl2N2O3.C3H9N.Li.2H2O/c1-6-30-19(28)11-27-18-10-17(25-12(2)3)16(24)9-14(18)22(29)13-7-8-15(23)21(20(13)27)26(4)5;1-10(2)23-15-8-16-12(7-14(15)22)20(28)11-5-6-13(21)19(24(3)4)18(11)25(16)9-17(26)27;1-4-27-16(25)9-24-15-8-12(20)14(22)7-11(15)19(26)10-5-6-13(21)18(17(10)24)23(2)3;1-3(2)4;;;/h7-10,12,25H,6,11H2,1-5H3;5-8,10,23H,9H2,1-4H3,(H,26,27);5-8H,4,9H2,1-3H3;3H,4H2,1-2H3;;2*1H2/q;;;;+1;;/p-1. The van der Waals surface area contributed by atoms with Crippen LogP contribution in [0.15, 0.2) is 91.7 Å². The minimum Gasteiger partial charge on any atom is -0.870 e. The first-order valence-electron chi connectivity index (χ1n) is 28.2. The molecule has 92 heavy (non-hydrogen) atoms. The zero-order chi connectivity index (χ0) is 66.4. The Morgan fingerprint density at radius 2 is 0.793 bits per heavy atom. The molecule has 3 aromatic heterocycles. The summed E-state index contributed by atoms with van der Waals surface area (Å²) in [4.78, 5) is 81.5. The van der Waals surface area contributed by atoms with Gasteiger partial charge in [0.1, 0.15) is 19.6 Å². The molecule has 0 saturated carbocycles. The molecule has 0 radical (unpaired) electrons. The van der Waals surface area contributed by atoms with Gasteiger partial charge in [-0.1, -0.05) is 83.5 Å². The number of aromatic nitrogens is 3. The number of halogens is 7. The van der Waals surface area contributed by atoms with Crippen LogP contribution in [0.3, 0.4) is 0 Å². The van der Waals surface area contributed by atoms with E-state index in [1.54, 1.807) is 119 Å². The van der Waals surface area contributed by atoms with Crippen molar-refractivity contribution in [3.8, 4) is 0 Å². The molecule has 3 heterocycles. The van der Waals surface area contributed by atoms with E-state index in [0.29, 0.717) is 135 Å². The fraction of sp³-hybridized carbons (Fsp3) is 0.344. The van der Waals surface area contributed by atoms with Crippen molar-refractivity contribution in [2.45, 2.75) is 93.1 Å². The van der Waals surface area contributed by atoms with Crippen LogP contribution in [-0.2, 0) is 43.5 Å². The van der Waals surface area contributed by atoms with Crippen LogP contribution in [0.2, 0.25) is 30.1 Å². The number of benzene rings is 6. The minimum atomic E-state index is -1.02. The Morgan fingerprint density at radius 1 is 0.511 bits per heavy atom. The summed E-state index contributed by atoms with van der Waals surface area (Å²) in [5, 5.41) is 21.2. The first kappa shape index (κ1) is 80.1. The van der Waals surface area contributed by atoms with Crippen LogP contribution in [0.5, 0.6) is 0 Å². The summed E-state index contributed by atoms with van der Waals surface area (Å²) in [5.74, 6) is -1.83. The Balaban J connectivity index is 0.000000344. The Bertz CT molecular complexity index is 4410. The van der Waals surface area contributed by atoms with Crippen molar-refractivity contribution in [2.24, 2.45) is 5.73 Å². The molecule has 0 amide bonds. The molecule has 492 valence electrons. The summed E-state index contributed by atoms with van der Waals surface area (Å²) in [5.41, 5.74) is 11.1. The van der Waals surface area contributed by atoms with Crippen LogP contribution < -0.4 is 66.2 Å². The number of ether oxygens (including phenoxy) is 2. The van der Waals surface area contributed by atoms with Crippen molar-refractivity contribution in [1.29, 1.82) is 0 Å². The van der Waals surface area contributed by atoms with Crippen LogP contribution >= 0.6 is 85.5 Å². The van der Waals surface area contributed by atoms with Gasteiger partial charge in [-0.2, -0.15) is 0 Å². The molecule has 28 heteroatoms. The largest absolute Gasteiger partial charge is 1.00 e. The zero-order valence-electron chi connectivity index (χ0n) is 53.8. The summed E-state index contributed by atoms with van der Waals surface area (Å²) in [7, 11) is 11.0. The number of carbonyl (C=O) groups excluding carboxylic acids is 2. The number of pyridine rings is 3. The number of nitrogens with two attached hydrogens (primary N) is 1. The van der Waals surface area contributed by atoms with Crippen molar-refractivity contribution in [2.75, 3.05) is 80.8 Å². The first-order valence-corrected chi connectivity index (χ1v) is 31.3. The van der Waals surface area contributed by atoms with E-state index in [9.17, 15) is 33.9 Å². The van der Waals surface area contributed by atoms with E-state index in [2.05, 4.69) is 26.6 Å². The summed E-state index contributed by atoms with van der Waals surface area (Å²) in [6.07, 6.45) is 0. The molecule has 6 aromatic carbocycles. The average Bonchev–Trinajstić information content (AvgIpc) is 0.753. The van der Waals surface area contributed by atoms with E-state index in [-0.39, 0.29) is 91.0 Å². The predicted octanol–water partition coefficient (Wildman–Crippen LogP) is 10.6. The zero-order valence-corrected chi connectivity index (χ0v) is 59.9. The molecule has 9 aromatic rings. The summed E-state index contributed by atoms with van der Waals surface area (Å²) in [6, 6.07) is 20.7. The van der Waals surface area contributed by atoms with Crippen molar-refractivity contribution < 1.29 is 58.8 Å². The van der Waals surface area contributed by atoms with E-state index in [1.165, 1.54) is 0 Å². The Morgan fingerprint density at radius 3 is 1.07 bits per heavy atom. The van der Waals surface area contributed by atoms with Gasteiger partial charge in [-0.25, -0.2) is 0 Å². The average molecular weight is 1450 g/mol. The first-order chi connectivity index (χ1) is 41.8. The molecule has 9 rings (SSSR count). The third-order valence-corrected chi connectivity index (χ3v) is 16.1. The Hall–Kier alpha value is -6.16. The molecule has 0 aliphatic carbocycles. The maximum Gasteiger partial charge on any atom is 1.00 e. The van der Waals surface area contributed by atoms with Crippen LogP contribution in [-0.4, -0.2) is 121 Å². The molecular weight excluding hydrogens is 1370 g/mol. The molecule has 0 aliphatic heterocycles. The molecule has 0 spiro atoms. The van der Waals surface area contributed by atoms with Crippen LogP contribution in [0.4, 0.5) is 28.4 Å². The van der Waals surface area contributed by atoms with Crippen molar-refractivity contribution in [3.05, 3.63) is 138 Å². The SMILES string of the molecule is CC(C)N.CC(C)Nc1cc2c(cc1Cl)c(=O)c1ccc(Cl)c(N(C)C)c1n2CC(=O)O.CCOC(=O)Cn1c2cc(Br)c(Cl)cc2c(=O)c2ccc(Cl)c(N(C)C)c21.CCOC(=O)Cn1c2cc(NC(C)C)c(Cl)cc2c(=O)c2ccc(Cl)c(N(C)C)c21.O.[Li+].[OH-]. The molecule has 8 N–H and O–H groups in total. The van der Waals surface area contributed by atoms with Crippen molar-refractivity contribution in [1.82, 2.24) is 13.7 Å². The molecular formula is C64H75BrCl6LiN9O11. The summed E-state index contributed by atoms with van der Waals surface area (Å²) >= 11 is 41.8. The van der Waals surface area contributed by atoms with Gasteiger partial charge in [0.15, 0.2) is 16.3 Å². The van der Waals surface area contributed by atoms with Crippen LogP contribution in [0.25, 0.3) is 65.4 Å². The number of nitrogens with zero attached hydrogens (tertiary/aromatic N) is 6. The number of carboxylic acid groups (broad SMARTS) is 1. The van der Waals surface area contributed by atoms with E-state index in [4.69, 9.17) is 84.8 Å². The van der Waals surface area contributed by atoms with E-state index in [0.717, 1.165) is 0 Å². The molecule has 0 aliphatic rings. The van der Waals surface area contributed by atoms with Crippen LogP contribution in [0, 0.1) is 0 Å². The second-order valence-electron chi connectivity index (χ2n) is 22.1. The van der Waals surface area contributed by atoms with Gasteiger partial charge in [0.25, 0.3) is 0 Å². The quantitative estimate of drug-likeness (QED) is 0.0422. The van der Waals surface area contributed by atoms with Gasteiger partial charge >= 0.3 is 36.8 Å². The third-order valence-electron chi connectivity index (χ3n) is 13.4. The van der Waals surface area contributed by atoms with E-state index in [1.807, 2.05) is 79.5 Å². The van der Waals surface area contributed by atoms with E-state index < -0.39 is 17.9 Å². The smallest absolute Gasteiger partial charge is 0.870 e. The van der Waals surface area contributed by atoms with Gasteiger partial charge in [0.05, 0.1) is 105 Å². The monoisotopic (exact) mass is 1440 g/mol. The molecule has 0 unspecified atom stereocenters. The van der Waals surface area contributed by atoms with Gasteiger partial charge < -0.3 is 70.3 Å². The molecule has 0 saturated heterocycles. The second kappa shape index (κ2) is 34.3. The predicted molar refractivity (Wildman–Crippen MR) is 381 cm³/mol. The van der Waals surface area contributed by atoms with Gasteiger partial charge in [-0.05, 0) is 136 Å². The van der Waals surface area contributed by atoms with Crippen LogP contribution in [0.1, 0.15) is 55.4 Å². The molecule has 20 nitrogen and oxygen atoms in total. The van der Waals surface area contributed by atoms with Gasteiger partial charge in [0.2, 0.25) is 0 Å². The number of aliphatic carboxylic acids is 1. The molecule has 0 atom stereocenters. The molecule has 0 bridgehead atoms. The Kier molecular flexibility index (Phi) is 29.9. The normalized spacial score (nSPS) is 10.8.